The third-order valence-corrected chi connectivity index (χ3v) is 1.95. The van der Waals surface area contributed by atoms with Crippen LogP contribution in [0, 0.1) is 5.92 Å². The van der Waals surface area contributed by atoms with Crippen molar-refractivity contribution in [2.45, 2.75) is 26.9 Å². The van der Waals surface area contributed by atoms with Crippen molar-refractivity contribution in [1.82, 2.24) is 4.90 Å². The summed E-state index contributed by atoms with van der Waals surface area (Å²) in [6.07, 6.45) is 0.527. The summed E-state index contributed by atoms with van der Waals surface area (Å²) in [4.78, 5) is 2.45. The summed E-state index contributed by atoms with van der Waals surface area (Å²) in [5, 5.41) is 0. The molecule has 1 aliphatic heterocycles. The van der Waals surface area contributed by atoms with E-state index in [1.807, 2.05) is 0 Å². The molecule has 0 radical (unpaired) electrons. The second-order valence-electron chi connectivity index (χ2n) is 3.69. The zero-order valence-corrected chi connectivity index (χ0v) is 7.84. The normalized spacial score (nSPS) is 20.7. The van der Waals surface area contributed by atoms with Gasteiger partial charge in [-0.1, -0.05) is 13.8 Å². The van der Waals surface area contributed by atoms with E-state index >= 15 is 0 Å². The fraction of sp³-hybridized carbons (Fsp3) is 1.00. The maximum Gasteiger partial charge on any atom is 0.0828 e. The van der Waals surface area contributed by atoms with Crippen LogP contribution < -0.4 is 0 Å². The molecule has 0 bridgehead atoms. The zero-order chi connectivity index (χ0) is 8.27. The standard InChI is InChI=1S/C9H19NO/c1-4-11-9-6-10(7-9)5-8(2)3/h8-9H,4-7H2,1-3H3. The van der Waals surface area contributed by atoms with Crippen molar-refractivity contribution in [1.29, 1.82) is 0 Å². The Morgan fingerprint density at radius 3 is 2.55 bits per heavy atom. The van der Waals surface area contributed by atoms with Crippen molar-refractivity contribution in [2.75, 3.05) is 26.2 Å². The molecule has 0 unspecified atom stereocenters. The lowest BCUT2D eigenvalue weighted by atomic mass is 10.1. The molecule has 0 atom stereocenters. The third kappa shape index (κ3) is 2.80. The highest BCUT2D eigenvalue weighted by Gasteiger charge is 2.26. The van der Waals surface area contributed by atoms with E-state index in [0.717, 1.165) is 25.6 Å². The SMILES string of the molecule is CCOC1CN(CC(C)C)C1. The summed E-state index contributed by atoms with van der Waals surface area (Å²) in [6, 6.07) is 0. The van der Waals surface area contributed by atoms with Crippen LogP contribution in [0.4, 0.5) is 0 Å². The summed E-state index contributed by atoms with van der Waals surface area (Å²) in [7, 11) is 0. The maximum absolute atomic E-state index is 5.45. The highest BCUT2D eigenvalue weighted by atomic mass is 16.5. The van der Waals surface area contributed by atoms with Crippen LogP contribution in [0.5, 0.6) is 0 Å². The van der Waals surface area contributed by atoms with Gasteiger partial charge in [0.25, 0.3) is 0 Å². The molecular weight excluding hydrogens is 138 g/mol. The lowest BCUT2D eigenvalue weighted by Crippen LogP contribution is -2.53. The molecule has 1 aliphatic rings. The van der Waals surface area contributed by atoms with Crippen molar-refractivity contribution >= 4 is 0 Å². The van der Waals surface area contributed by atoms with E-state index in [0.29, 0.717) is 6.10 Å². The third-order valence-electron chi connectivity index (χ3n) is 1.95. The second-order valence-corrected chi connectivity index (χ2v) is 3.69. The smallest absolute Gasteiger partial charge is 0.0828 e. The molecule has 0 saturated carbocycles. The second kappa shape index (κ2) is 4.07. The number of likely N-dealkylation sites (tertiary alicyclic amines) is 1. The summed E-state index contributed by atoms with van der Waals surface area (Å²) < 4.78 is 5.45. The van der Waals surface area contributed by atoms with E-state index in [4.69, 9.17) is 4.74 Å². The average Bonchev–Trinajstić information content (AvgIpc) is 1.82. The topological polar surface area (TPSA) is 12.5 Å². The zero-order valence-electron chi connectivity index (χ0n) is 7.84. The Hall–Kier alpha value is -0.0800. The van der Waals surface area contributed by atoms with Gasteiger partial charge in [0.15, 0.2) is 0 Å². The van der Waals surface area contributed by atoms with Crippen LogP contribution >= 0.6 is 0 Å². The molecule has 66 valence electrons. The van der Waals surface area contributed by atoms with E-state index in [-0.39, 0.29) is 0 Å². The van der Waals surface area contributed by atoms with Gasteiger partial charge in [0, 0.05) is 26.2 Å². The van der Waals surface area contributed by atoms with Crippen molar-refractivity contribution in [3.05, 3.63) is 0 Å². The van der Waals surface area contributed by atoms with Crippen molar-refractivity contribution in [2.24, 2.45) is 5.92 Å². The molecule has 0 aromatic rings. The highest BCUT2D eigenvalue weighted by Crippen LogP contribution is 2.12. The Kier molecular flexibility index (Phi) is 3.34. The first-order chi connectivity index (χ1) is 5.22. The maximum atomic E-state index is 5.45. The predicted molar refractivity (Wildman–Crippen MR) is 46.7 cm³/mol. The minimum atomic E-state index is 0.527. The molecule has 1 fully saturated rings. The first-order valence-corrected chi connectivity index (χ1v) is 4.56. The van der Waals surface area contributed by atoms with Gasteiger partial charge < -0.3 is 4.74 Å². The summed E-state index contributed by atoms with van der Waals surface area (Å²) in [5.74, 6) is 0.789. The quantitative estimate of drug-likeness (QED) is 0.611. The Balaban J connectivity index is 2.00. The van der Waals surface area contributed by atoms with Gasteiger partial charge in [-0.15, -0.1) is 0 Å². The lowest BCUT2D eigenvalue weighted by Gasteiger charge is -2.39. The molecule has 0 amide bonds. The molecule has 0 aromatic heterocycles. The molecular formula is C9H19NO. The number of hydrogen-bond donors (Lipinski definition) is 0. The van der Waals surface area contributed by atoms with Gasteiger partial charge in [-0.2, -0.15) is 0 Å². The van der Waals surface area contributed by atoms with Gasteiger partial charge in [0.1, 0.15) is 0 Å². The van der Waals surface area contributed by atoms with Crippen LogP contribution in [-0.2, 0) is 4.74 Å². The number of rotatable bonds is 4. The van der Waals surface area contributed by atoms with Crippen molar-refractivity contribution in [3.63, 3.8) is 0 Å². The van der Waals surface area contributed by atoms with E-state index < -0.39 is 0 Å². The van der Waals surface area contributed by atoms with E-state index in [9.17, 15) is 0 Å². The summed E-state index contributed by atoms with van der Waals surface area (Å²) >= 11 is 0. The molecule has 0 aliphatic carbocycles. The molecule has 1 rings (SSSR count). The number of ether oxygens (including phenoxy) is 1. The number of nitrogens with zero attached hydrogens (tertiary/aromatic N) is 1. The number of hydrogen-bond acceptors (Lipinski definition) is 2. The summed E-state index contributed by atoms with van der Waals surface area (Å²) in [6.45, 7) is 11.0. The molecule has 1 saturated heterocycles. The van der Waals surface area contributed by atoms with Crippen molar-refractivity contribution < 1.29 is 4.74 Å². The van der Waals surface area contributed by atoms with Crippen LogP contribution in [0.2, 0.25) is 0 Å². The van der Waals surface area contributed by atoms with Crippen molar-refractivity contribution in [3.8, 4) is 0 Å². The fourth-order valence-corrected chi connectivity index (χ4v) is 1.53. The first kappa shape index (κ1) is 9.01. The Labute approximate surface area is 69.5 Å². The van der Waals surface area contributed by atoms with E-state index in [1.54, 1.807) is 0 Å². The van der Waals surface area contributed by atoms with E-state index in [1.165, 1.54) is 6.54 Å². The minimum absolute atomic E-state index is 0.527. The Morgan fingerprint density at radius 1 is 1.45 bits per heavy atom. The van der Waals surface area contributed by atoms with Gasteiger partial charge in [0.2, 0.25) is 0 Å². The van der Waals surface area contributed by atoms with Gasteiger partial charge in [0.05, 0.1) is 6.10 Å². The molecule has 11 heavy (non-hydrogen) atoms. The fourth-order valence-electron chi connectivity index (χ4n) is 1.53. The summed E-state index contributed by atoms with van der Waals surface area (Å²) in [5.41, 5.74) is 0. The lowest BCUT2D eigenvalue weighted by molar-refractivity contribution is -0.0532. The molecule has 1 heterocycles. The van der Waals surface area contributed by atoms with Crippen LogP contribution in [-0.4, -0.2) is 37.2 Å². The highest BCUT2D eigenvalue weighted by molar-refractivity contribution is 4.80. The molecule has 2 nitrogen and oxygen atoms in total. The minimum Gasteiger partial charge on any atom is -0.376 e. The molecule has 0 aromatic carbocycles. The monoisotopic (exact) mass is 157 g/mol. The predicted octanol–water partition coefficient (Wildman–Crippen LogP) is 1.36. The van der Waals surface area contributed by atoms with Crippen LogP contribution in [0.1, 0.15) is 20.8 Å². The Morgan fingerprint density at radius 2 is 2.09 bits per heavy atom. The van der Waals surface area contributed by atoms with Gasteiger partial charge in [-0.05, 0) is 12.8 Å². The van der Waals surface area contributed by atoms with Gasteiger partial charge in [-0.3, -0.25) is 4.90 Å². The Bertz CT molecular complexity index is 108. The van der Waals surface area contributed by atoms with Crippen LogP contribution in [0.3, 0.4) is 0 Å². The van der Waals surface area contributed by atoms with Gasteiger partial charge >= 0.3 is 0 Å². The molecule has 2 heteroatoms. The molecule has 0 spiro atoms. The largest absolute Gasteiger partial charge is 0.376 e. The first-order valence-electron chi connectivity index (χ1n) is 4.56. The van der Waals surface area contributed by atoms with Crippen LogP contribution in [0.25, 0.3) is 0 Å². The van der Waals surface area contributed by atoms with Gasteiger partial charge in [-0.25, -0.2) is 0 Å². The van der Waals surface area contributed by atoms with E-state index in [2.05, 4.69) is 25.7 Å². The average molecular weight is 157 g/mol. The molecule has 0 N–H and O–H groups in total. The van der Waals surface area contributed by atoms with Crippen LogP contribution in [0.15, 0.2) is 0 Å².